The molecule has 0 atom stereocenters. The van der Waals surface area contributed by atoms with Crippen molar-refractivity contribution in [1.29, 1.82) is 0 Å². The summed E-state index contributed by atoms with van der Waals surface area (Å²) in [6.07, 6.45) is 13.4. The molecule has 0 fully saturated rings. The number of amides is 2. The average Bonchev–Trinajstić information content (AvgIpc) is 2.81. The lowest BCUT2D eigenvalue weighted by molar-refractivity contribution is -0.117. The number of nitrogens with two attached hydrogens (primary N) is 1. The number of unbranched alkanes of at least 4 members (excludes halogenated alkanes) is 4. The first kappa shape index (κ1) is 34.9. The monoisotopic (exact) mass is 528 g/mol. The largest absolute Gasteiger partial charge is 0.437 e. The molecule has 12 heteroatoms. The Kier molecular flexibility index (Phi) is 23.5. The molecule has 35 heavy (non-hydrogen) atoms. The van der Waals surface area contributed by atoms with Crippen LogP contribution in [0.25, 0.3) is 0 Å². The topological polar surface area (TPSA) is 142 Å². The minimum atomic E-state index is -0.459. The number of carbonyl (C=O) groups excluding carboxylic acids is 2. The Morgan fingerprint density at radius 2 is 1.34 bits per heavy atom. The lowest BCUT2D eigenvalue weighted by Gasteiger charge is -2.05. The second-order valence-electron chi connectivity index (χ2n) is 7.62. The van der Waals surface area contributed by atoms with E-state index in [0.717, 1.165) is 56.4 Å². The summed E-state index contributed by atoms with van der Waals surface area (Å²) in [6.45, 7) is 3.17. The van der Waals surface area contributed by atoms with Crippen molar-refractivity contribution in [2.24, 2.45) is 5.73 Å². The van der Waals surface area contributed by atoms with Crippen molar-refractivity contribution >= 4 is 55.1 Å². The van der Waals surface area contributed by atoms with E-state index in [2.05, 4.69) is 25.8 Å². The van der Waals surface area contributed by atoms with Gasteiger partial charge >= 0.3 is 7.05 Å². The SMILES string of the molecule is CB(O)NCCCCCC(=O)Nc1cccnc1.Cl.Cl.NCCCCCC(=O)Nc1cccnc1. The van der Waals surface area contributed by atoms with Gasteiger partial charge in [0.15, 0.2) is 0 Å². The van der Waals surface area contributed by atoms with Crippen LogP contribution in [-0.2, 0) is 9.59 Å². The van der Waals surface area contributed by atoms with E-state index in [4.69, 9.17) is 10.8 Å². The number of pyridine rings is 2. The smallest absolute Gasteiger partial charge is 0.373 e. The maximum Gasteiger partial charge on any atom is 0.373 e. The molecule has 0 unspecified atom stereocenters. The number of carbonyl (C=O) groups is 2. The van der Waals surface area contributed by atoms with Gasteiger partial charge in [-0.25, -0.2) is 0 Å². The molecule has 196 valence electrons. The van der Waals surface area contributed by atoms with Crippen LogP contribution in [0.5, 0.6) is 0 Å². The van der Waals surface area contributed by atoms with Crippen molar-refractivity contribution in [3.8, 4) is 0 Å². The van der Waals surface area contributed by atoms with E-state index in [0.29, 0.717) is 19.4 Å². The lowest BCUT2D eigenvalue weighted by Crippen LogP contribution is -2.31. The highest BCUT2D eigenvalue weighted by Gasteiger charge is 2.03. The zero-order valence-corrected chi connectivity index (χ0v) is 22.0. The van der Waals surface area contributed by atoms with E-state index in [1.54, 1.807) is 43.7 Å². The number of anilines is 2. The Morgan fingerprint density at radius 1 is 0.857 bits per heavy atom. The normalized spacial score (nSPS) is 9.46. The zero-order valence-electron chi connectivity index (χ0n) is 20.3. The van der Waals surface area contributed by atoms with Crippen LogP contribution in [0, 0.1) is 0 Å². The molecule has 2 heterocycles. The maximum absolute atomic E-state index is 11.6. The van der Waals surface area contributed by atoms with E-state index >= 15 is 0 Å². The third-order valence-corrected chi connectivity index (χ3v) is 4.52. The van der Waals surface area contributed by atoms with Crippen molar-refractivity contribution < 1.29 is 14.6 Å². The van der Waals surface area contributed by atoms with Crippen molar-refractivity contribution in [3.05, 3.63) is 49.1 Å². The van der Waals surface area contributed by atoms with Gasteiger partial charge < -0.3 is 26.6 Å². The van der Waals surface area contributed by atoms with Gasteiger partial charge in [-0.2, -0.15) is 0 Å². The first-order valence-electron chi connectivity index (χ1n) is 11.5. The molecule has 0 radical (unpaired) electrons. The van der Waals surface area contributed by atoms with E-state index < -0.39 is 7.05 Å². The van der Waals surface area contributed by atoms with Crippen LogP contribution in [0.15, 0.2) is 49.1 Å². The molecule has 0 aliphatic carbocycles. The molecule has 2 aromatic heterocycles. The minimum Gasteiger partial charge on any atom is -0.437 e. The van der Waals surface area contributed by atoms with Crippen LogP contribution >= 0.6 is 24.8 Å². The van der Waals surface area contributed by atoms with Crippen molar-refractivity contribution in [3.63, 3.8) is 0 Å². The van der Waals surface area contributed by atoms with Gasteiger partial charge in [-0.15, -0.1) is 24.8 Å². The minimum absolute atomic E-state index is 0. The number of halogens is 2. The van der Waals surface area contributed by atoms with Gasteiger partial charge in [-0.1, -0.05) is 12.8 Å². The van der Waals surface area contributed by atoms with Gasteiger partial charge in [-0.05, 0) is 69.9 Å². The fourth-order valence-corrected chi connectivity index (χ4v) is 2.83. The van der Waals surface area contributed by atoms with Crippen LogP contribution in [0.3, 0.4) is 0 Å². The predicted octanol–water partition coefficient (Wildman–Crippen LogP) is 3.66. The summed E-state index contributed by atoms with van der Waals surface area (Å²) in [7, 11) is -0.459. The Hall–Kier alpha value is -2.24. The molecular weight excluding hydrogens is 490 g/mol. The molecule has 6 N–H and O–H groups in total. The number of nitrogens with zero attached hydrogens (tertiary/aromatic N) is 2. The second kappa shape index (κ2) is 23.5. The molecule has 0 aliphatic heterocycles. The molecular formula is C23H39BCl2N6O3. The highest BCUT2D eigenvalue weighted by Crippen LogP contribution is 2.07. The van der Waals surface area contributed by atoms with Crippen LogP contribution in [-0.4, -0.2) is 46.9 Å². The van der Waals surface area contributed by atoms with Gasteiger partial charge in [0.25, 0.3) is 0 Å². The quantitative estimate of drug-likeness (QED) is 0.186. The summed E-state index contributed by atoms with van der Waals surface area (Å²) < 4.78 is 0. The van der Waals surface area contributed by atoms with E-state index in [1.807, 2.05) is 12.1 Å². The summed E-state index contributed by atoms with van der Waals surface area (Å²) in [5, 5.41) is 17.5. The number of hydrogen-bond donors (Lipinski definition) is 5. The molecule has 0 saturated carbocycles. The Morgan fingerprint density at radius 3 is 1.74 bits per heavy atom. The van der Waals surface area contributed by atoms with E-state index in [9.17, 15) is 9.59 Å². The molecule has 2 rings (SSSR count). The lowest BCUT2D eigenvalue weighted by atomic mass is 9.89. The van der Waals surface area contributed by atoms with Crippen LogP contribution in [0.4, 0.5) is 11.4 Å². The fraction of sp³-hybridized carbons (Fsp3) is 0.478. The molecule has 9 nitrogen and oxygen atoms in total. The molecule has 0 spiro atoms. The number of nitrogens with one attached hydrogen (secondary N) is 3. The Labute approximate surface area is 221 Å². The van der Waals surface area contributed by atoms with Gasteiger partial charge in [0.1, 0.15) is 0 Å². The van der Waals surface area contributed by atoms with E-state index in [1.165, 1.54) is 0 Å². The summed E-state index contributed by atoms with van der Waals surface area (Å²) in [4.78, 5) is 30.8. The van der Waals surface area contributed by atoms with E-state index in [-0.39, 0.29) is 36.6 Å². The molecule has 2 aromatic rings. The Bertz CT molecular complexity index is 776. The molecule has 2 amide bonds. The molecule has 0 saturated heterocycles. The Balaban J connectivity index is 0. The van der Waals surface area contributed by atoms with Crippen LogP contribution in [0.1, 0.15) is 51.4 Å². The molecule has 0 aromatic carbocycles. The third-order valence-electron chi connectivity index (χ3n) is 4.52. The van der Waals surface area contributed by atoms with Crippen LogP contribution in [0.2, 0.25) is 6.82 Å². The summed E-state index contributed by atoms with van der Waals surface area (Å²) >= 11 is 0. The fourth-order valence-electron chi connectivity index (χ4n) is 2.83. The number of rotatable bonds is 14. The first-order chi connectivity index (χ1) is 16.0. The van der Waals surface area contributed by atoms with Crippen molar-refractivity contribution in [2.45, 2.75) is 58.2 Å². The maximum atomic E-state index is 11.6. The average molecular weight is 529 g/mol. The summed E-state index contributed by atoms with van der Waals surface area (Å²) in [6, 6.07) is 7.23. The van der Waals surface area contributed by atoms with Gasteiger partial charge in [0, 0.05) is 25.2 Å². The highest BCUT2D eigenvalue weighted by atomic mass is 35.5. The van der Waals surface area contributed by atoms with Gasteiger partial charge in [0.05, 0.1) is 23.8 Å². The van der Waals surface area contributed by atoms with Gasteiger partial charge in [-0.3, -0.25) is 19.6 Å². The predicted molar refractivity (Wildman–Crippen MR) is 148 cm³/mol. The number of hydrogen-bond acceptors (Lipinski definition) is 7. The summed E-state index contributed by atoms with van der Waals surface area (Å²) in [5.41, 5.74) is 6.85. The highest BCUT2D eigenvalue weighted by molar-refractivity contribution is 6.45. The van der Waals surface area contributed by atoms with Crippen molar-refractivity contribution in [1.82, 2.24) is 15.2 Å². The third kappa shape index (κ3) is 20.8. The standard InChI is InChI=1S/C12H20BN3O2.C11H17N3O.2ClH/c1-13(18)15-9-4-2-3-7-12(17)16-11-6-5-8-14-10-11;12-7-3-1-2-6-11(15)14-10-5-4-8-13-9-10;;/h5-6,8,10,15,18H,2-4,7,9H2,1H3,(H,16,17);4-5,8-9H,1-3,6-7,12H2,(H,14,15);2*1H. The first-order valence-corrected chi connectivity index (χ1v) is 11.5. The molecule has 0 bridgehead atoms. The second-order valence-corrected chi connectivity index (χ2v) is 7.62. The van der Waals surface area contributed by atoms with Crippen molar-refractivity contribution in [2.75, 3.05) is 23.7 Å². The number of aromatic nitrogens is 2. The van der Waals surface area contributed by atoms with Crippen LogP contribution < -0.4 is 21.6 Å². The zero-order chi connectivity index (χ0) is 24.2. The molecule has 0 aliphatic rings. The summed E-state index contributed by atoms with van der Waals surface area (Å²) in [5.74, 6) is 0.0616. The van der Waals surface area contributed by atoms with Gasteiger partial charge in [0.2, 0.25) is 11.8 Å².